The van der Waals surface area contributed by atoms with Crippen LogP contribution in [0.3, 0.4) is 0 Å². The average molecular weight is 374 g/mol. The van der Waals surface area contributed by atoms with Crippen molar-refractivity contribution < 1.29 is 19.1 Å². The van der Waals surface area contributed by atoms with Gasteiger partial charge in [0.1, 0.15) is 5.54 Å². The molecule has 3 amide bonds. The molecule has 3 rings (SSSR count). The van der Waals surface area contributed by atoms with Crippen LogP contribution in [0, 0.1) is 0 Å². The highest BCUT2D eigenvalue weighted by Crippen LogP contribution is 2.36. The maximum absolute atomic E-state index is 13.1. The minimum atomic E-state index is -0.974. The van der Waals surface area contributed by atoms with E-state index in [2.05, 4.69) is 5.32 Å². The number of carbonyl (C=O) groups excluding carboxylic acids is 3. The molecule has 0 spiro atoms. The third kappa shape index (κ3) is 3.75. The van der Waals surface area contributed by atoms with Crippen LogP contribution < -0.4 is 10.2 Å². The van der Waals surface area contributed by atoms with Crippen molar-refractivity contribution in [3.05, 3.63) is 24.3 Å². The molecule has 0 radical (unpaired) electrons. The fourth-order valence-corrected chi connectivity index (χ4v) is 3.46. The van der Waals surface area contributed by atoms with Crippen LogP contribution in [0.5, 0.6) is 0 Å². The molecule has 2 heterocycles. The monoisotopic (exact) mass is 374 g/mol. The number of rotatable bonds is 3. The molecular formula is C19H26N4O4. The van der Waals surface area contributed by atoms with Crippen LogP contribution in [0.2, 0.25) is 0 Å². The Balaban J connectivity index is 1.69. The molecule has 0 aromatic heterocycles. The van der Waals surface area contributed by atoms with Gasteiger partial charge in [0.2, 0.25) is 11.8 Å². The molecule has 0 atom stereocenters. The lowest BCUT2D eigenvalue weighted by molar-refractivity contribution is -0.127. The highest BCUT2D eigenvalue weighted by atomic mass is 16.6. The van der Waals surface area contributed by atoms with E-state index in [9.17, 15) is 14.4 Å². The molecule has 1 aromatic rings. The molecule has 2 aliphatic heterocycles. The van der Waals surface area contributed by atoms with E-state index in [0.717, 1.165) is 0 Å². The lowest BCUT2D eigenvalue weighted by atomic mass is 9.96. The van der Waals surface area contributed by atoms with Crippen molar-refractivity contribution >= 4 is 29.3 Å². The van der Waals surface area contributed by atoms with Gasteiger partial charge >= 0.3 is 6.09 Å². The van der Waals surface area contributed by atoms with Crippen LogP contribution in [0.1, 0.15) is 20.8 Å². The van der Waals surface area contributed by atoms with E-state index in [0.29, 0.717) is 44.2 Å². The second-order valence-electron chi connectivity index (χ2n) is 7.22. The highest BCUT2D eigenvalue weighted by Gasteiger charge is 2.43. The molecule has 1 fully saturated rings. The number of benzene rings is 1. The largest absolute Gasteiger partial charge is 0.450 e. The number of carbonyl (C=O) groups is 3. The van der Waals surface area contributed by atoms with Crippen LogP contribution >= 0.6 is 0 Å². The molecule has 146 valence electrons. The second kappa shape index (κ2) is 7.56. The van der Waals surface area contributed by atoms with Gasteiger partial charge in [-0.25, -0.2) is 4.79 Å². The normalized spacial score (nSPS) is 19.3. The minimum absolute atomic E-state index is 0.133. The van der Waals surface area contributed by atoms with Crippen molar-refractivity contribution in [2.45, 2.75) is 26.3 Å². The summed E-state index contributed by atoms with van der Waals surface area (Å²) in [4.78, 5) is 42.6. The zero-order chi connectivity index (χ0) is 19.6. The lowest BCUT2D eigenvalue weighted by Gasteiger charge is -2.43. The van der Waals surface area contributed by atoms with Crippen molar-refractivity contribution in [3.8, 4) is 0 Å². The number of hydrogen-bond acceptors (Lipinski definition) is 5. The van der Waals surface area contributed by atoms with Crippen molar-refractivity contribution in [2.24, 2.45) is 0 Å². The molecule has 2 aliphatic rings. The van der Waals surface area contributed by atoms with Crippen molar-refractivity contribution in [2.75, 3.05) is 49.5 Å². The van der Waals surface area contributed by atoms with Crippen molar-refractivity contribution in [3.63, 3.8) is 0 Å². The van der Waals surface area contributed by atoms with Gasteiger partial charge in [-0.05, 0) is 32.9 Å². The zero-order valence-electron chi connectivity index (χ0n) is 16.0. The Bertz CT molecular complexity index is 741. The first kappa shape index (κ1) is 19.2. The summed E-state index contributed by atoms with van der Waals surface area (Å²) in [7, 11) is 0. The molecule has 0 aliphatic carbocycles. The molecule has 0 bridgehead atoms. The van der Waals surface area contributed by atoms with Crippen molar-refractivity contribution in [1.29, 1.82) is 0 Å². The Kier molecular flexibility index (Phi) is 5.36. The maximum Gasteiger partial charge on any atom is 0.409 e. The predicted octanol–water partition coefficient (Wildman–Crippen LogP) is 1.52. The quantitative estimate of drug-likeness (QED) is 0.868. The number of nitrogens with zero attached hydrogens (tertiary/aromatic N) is 3. The first-order chi connectivity index (χ1) is 12.8. The number of hydrogen-bond donors (Lipinski definition) is 1. The third-order valence-electron chi connectivity index (χ3n) is 5.01. The van der Waals surface area contributed by atoms with Crippen LogP contribution in [-0.4, -0.2) is 72.6 Å². The van der Waals surface area contributed by atoms with Gasteiger partial charge in [0.05, 0.1) is 24.5 Å². The highest BCUT2D eigenvalue weighted by molar-refractivity contribution is 6.14. The molecule has 1 aromatic carbocycles. The Morgan fingerprint density at radius 2 is 1.81 bits per heavy atom. The molecule has 1 N–H and O–H groups in total. The van der Waals surface area contributed by atoms with E-state index in [4.69, 9.17) is 4.74 Å². The van der Waals surface area contributed by atoms with E-state index in [-0.39, 0.29) is 24.5 Å². The number of amides is 3. The summed E-state index contributed by atoms with van der Waals surface area (Å²) < 4.78 is 5.02. The van der Waals surface area contributed by atoms with Gasteiger partial charge in [-0.2, -0.15) is 0 Å². The molecule has 1 saturated heterocycles. The van der Waals surface area contributed by atoms with Gasteiger partial charge in [-0.3, -0.25) is 19.4 Å². The topological polar surface area (TPSA) is 82.2 Å². The van der Waals surface area contributed by atoms with E-state index in [1.165, 1.54) is 0 Å². The Labute approximate surface area is 159 Å². The smallest absolute Gasteiger partial charge is 0.409 e. The first-order valence-corrected chi connectivity index (χ1v) is 9.22. The van der Waals surface area contributed by atoms with Gasteiger partial charge in [-0.1, -0.05) is 12.1 Å². The third-order valence-corrected chi connectivity index (χ3v) is 5.01. The SMILES string of the molecule is CCOC(=O)N1CCN(CC(=O)N2c3ccccc3NC(=O)C2(C)C)CC1. The summed E-state index contributed by atoms with van der Waals surface area (Å²) in [5.74, 6) is -0.339. The van der Waals surface area contributed by atoms with Gasteiger partial charge in [-0.15, -0.1) is 0 Å². The number of anilines is 2. The van der Waals surface area contributed by atoms with Crippen LogP contribution in [0.15, 0.2) is 24.3 Å². The Morgan fingerprint density at radius 3 is 2.48 bits per heavy atom. The summed E-state index contributed by atoms with van der Waals surface area (Å²) in [5, 5.41) is 2.86. The number of piperazine rings is 1. The summed E-state index contributed by atoms with van der Waals surface area (Å²) in [6, 6.07) is 7.31. The Hall–Kier alpha value is -2.61. The lowest BCUT2D eigenvalue weighted by Crippen LogP contribution is -2.61. The summed E-state index contributed by atoms with van der Waals surface area (Å²) >= 11 is 0. The fourth-order valence-electron chi connectivity index (χ4n) is 3.46. The minimum Gasteiger partial charge on any atom is -0.450 e. The summed E-state index contributed by atoms with van der Waals surface area (Å²) in [6.07, 6.45) is -0.314. The van der Waals surface area contributed by atoms with E-state index in [1.807, 2.05) is 23.1 Å². The van der Waals surface area contributed by atoms with Crippen molar-refractivity contribution in [1.82, 2.24) is 9.80 Å². The molecular weight excluding hydrogens is 348 g/mol. The van der Waals surface area contributed by atoms with Gasteiger partial charge in [0.15, 0.2) is 0 Å². The number of nitrogens with one attached hydrogen (secondary N) is 1. The zero-order valence-corrected chi connectivity index (χ0v) is 16.0. The molecule has 0 saturated carbocycles. The van der Waals surface area contributed by atoms with Crippen LogP contribution in [0.4, 0.5) is 16.2 Å². The van der Waals surface area contributed by atoms with Crippen LogP contribution in [-0.2, 0) is 14.3 Å². The Morgan fingerprint density at radius 1 is 1.15 bits per heavy atom. The summed E-state index contributed by atoms with van der Waals surface area (Å²) in [5.41, 5.74) is 0.373. The molecule has 8 nitrogen and oxygen atoms in total. The molecule has 8 heteroatoms. The average Bonchev–Trinajstić information content (AvgIpc) is 2.63. The second-order valence-corrected chi connectivity index (χ2v) is 7.22. The number of para-hydroxylation sites is 2. The molecule has 0 unspecified atom stereocenters. The summed E-state index contributed by atoms with van der Waals surface area (Å²) in [6.45, 7) is 8.04. The molecule has 27 heavy (non-hydrogen) atoms. The first-order valence-electron chi connectivity index (χ1n) is 9.22. The van der Waals surface area contributed by atoms with E-state index in [1.54, 1.807) is 36.6 Å². The fraction of sp³-hybridized carbons (Fsp3) is 0.526. The standard InChI is InChI=1S/C19H26N4O4/c1-4-27-18(26)22-11-9-21(10-12-22)13-16(24)23-15-8-6-5-7-14(15)20-17(25)19(23,2)3/h5-8H,4,9-13H2,1-3H3,(H,20,25). The maximum atomic E-state index is 13.1. The van der Waals surface area contributed by atoms with Crippen LogP contribution in [0.25, 0.3) is 0 Å². The predicted molar refractivity (Wildman–Crippen MR) is 102 cm³/mol. The van der Waals surface area contributed by atoms with E-state index < -0.39 is 5.54 Å². The van der Waals surface area contributed by atoms with E-state index >= 15 is 0 Å². The number of ether oxygens (including phenoxy) is 1. The van der Waals surface area contributed by atoms with Gasteiger partial charge in [0, 0.05) is 26.2 Å². The van der Waals surface area contributed by atoms with Gasteiger partial charge in [0.25, 0.3) is 0 Å². The van der Waals surface area contributed by atoms with Gasteiger partial charge < -0.3 is 15.0 Å². The number of fused-ring (bicyclic) bond motifs is 1.